The number of rotatable bonds is 7. The molecule has 2 N–H and O–H groups in total. The van der Waals surface area contributed by atoms with Crippen molar-refractivity contribution in [1.29, 1.82) is 0 Å². The normalized spacial score (nSPS) is 19.4. The molecule has 28 heavy (non-hydrogen) atoms. The van der Waals surface area contributed by atoms with Gasteiger partial charge in [0.05, 0.1) is 18.4 Å². The summed E-state index contributed by atoms with van der Waals surface area (Å²) in [5.74, 6) is 1.24. The van der Waals surface area contributed by atoms with E-state index in [0.717, 1.165) is 59.7 Å². The van der Waals surface area contributed by atoms with E-state index in [1.54, 1.807) is 0 Å². The average Bonchev–Trinajstić information content (AvgIpc) is 3.11. The SMILES string of the molecule is O=C(CSc1nnc(-c2c[nH]c3ccccc23)n1C[C@H]1CCCO1)NC1CC1. The zero-order valence-corrected chi connectivity index (χ0v) is 16.4. The van der Waals surface area contributed by atoms with E-state index in [2.05, 4.69) is 37.2 Å². The minimum absolute atomic E-state index is 0.0628. The van der Waals surface area contributed by atoms with Crippen LogP contribution in [-0.4, -0.2) is 50.2 Å². The third-order valence-electron chi connectivity index (χ3n) is 5.23. The smallest absolute Gasteiger partial charge is 0.230 e. The zero-order chi connectivity index (χ0) is 18.9. The topological polar surface area (TPSA) is 84.8 Å². The largest absolute Gasteiger partial charge is 0.376 e. The summed E-state index contributed by atoms with van der Waals surface area (Å²) in [5.41, 5.74) is 2.09. The number of hydrogen-bond acceptors (Lipinski definition) is 5. The number of ether oxygens (including phenoxy) is 1. The quantitative estimate of drug-likeness (QED) is 0.599. The standard InChI is InChI=1S/C20H23N5O2S/c26-18(22-13-7-8-13)12-28-20-24-23-19(25(20)11-14-4-3-9-27-14)16-10-21-17-6-2-1-5-15(16)17/h1-2,5-6,10,13-14,21H,3-4,7-9,11-12H2,(H,22,26)/t14-/m1/s1. The van der Waals surface area contributed by atoms with Crippen LogP contribution in [0.4, 0.5) is 0 Å². The molecule has 1 aliphatic heterocycles. The minimum Gasteiger partial charge on any atom is -0.376 e. The molecule has 0 spiro atoms. The Kier molecular flexibility index (Phi) is 4.82. The summed E-state index contributed by atoms with van der Waals surface area (Å²) < 4.78 is 7.97. The third kappa shape index (κ3) is 3.66. The lowest BCUT2D eigenvalue weighted by Crippen LogP contribution is -2.27. The number of hydrogen-bond donors (Lipinski definition) is 2. The van der Waals surface area contributed by atoms with Crippen molar-refractivity contribution >= 4 is 28.6 Å². The fraction of sp³-hybridized carbons (Fsp3) is 0.450. The molecule has 2 fully saturated rings. The average molecular weight is 398 g/mol. The van der Waals surface area contributed by atoms with Crippen molar-refractivity contribution in [2.45, 2.75) is 49.5 Å². The number of nitrogens with zero attached hydrogens (tertiary/aromatic N) is 3. The lowest BCUT2D eigenvalue weighted by molar-refractivity contribution is -0.118. The molecule has 3 aromatic rings. The van der Waals surface area contributed by atoms with Gasteiger partial charge in [-0.15, -0.1) is 10.2 Å². The molecule has 0 unspecified atom stereocenters. The molecule has 2 aromatic heterocycles. The molecule has 0 bridgehead atoms. The highest BCUT2D eigenvalue weighted by Crippen LogP contribution is 2.31. The van der Waals surface area contributed by atoms with Gasteiger partial charge in [0, 0.05) is 35.3 Å². The van der Waals surface area contributed by atoms with Crippen LogP contribution in [0.1, 0.15) is 25.7 Å². The second-order valence-corrected chi connectivity index (χ2v) is 8.37. The van der Waals surface area contributed by atoms with Crippen molar-refractivity contribution in [2.24, 2.45) is 0 Å². The van der Waals surface area contributed by atoms with E-state index in [1.165, 1.54) is 11.8 Å². The molecular weight excluding hydrogens is 374 g/mol. The highest BCUT2D eigenvalue weighted by atomic mass is 32.2. The summed E-state index contributed by atoms with van der Waals surface area (Å²) in [6.07, 6.45) is 6.46. The lowest BCUT2D eigenvalue weighted by atomic mass is 10.1. The highest BCUT2D eigenvalue weighted by Gasteiger charge is 2.25. The lowest BCUT2D eigenvalue weighted by Gasteiger charge is -2.14. The number of para-hydroxylation sites is 1. The van der Waals surface area contributed by atoms with Gasteiger partial charge in [-0.2, -0.15) is 0 Å². The number of carbonyl (C=O) groups excluding carboxylic acids is 1. The molecule has 146 valence electrons. The van der Waals surface area contributed by atoms with Crippen LogP contribution >= 0.6 is 11.8 Å². The van der Waals surface area contributed by atoms with E-state index >= 15 is 0 Å². The van der Waals surface area contributed by atoms with Crippen LogP contribution in [-0.2, 0) is 16.1 Å². The molecule has 8 heteroatoms. The Morgan fingerprint density at radius 3 is 3.00 bits per heavy atom. The number of aromatic nitrogens is 4. The summed E-state index contributed by atoms with van der Waals surface area (Å²) in [7, 11) is 0. The number of thioether (sulfide) groups is 1. The van der Waals surface area contributed by atoms with Crippen LogP contribution in [0.5, 0.6) is 0 Å². The van der Waals surface area contributed by atoms with Crippen LogP contribution in [0.15, 0.2) is 35.6 Å². The first kappa shape index (κ1) is 17.8. The van der Waals surface area contributed by atoms with Crippen molar-refractivity contribution in [3.8, 4) is 11.4 Å². The number of benzene rings is 1. The molecule has 0 radical (unpaired) electrons. The van der Waals surface area contributed by atoms with Crippen molar-refractivity contribution in [3.05, 3.63) is 30.5 Å². The maximum absolute atomic E-state index is 12.1. The second kappa shape index (κ2) is 7.60. The molecular formula is C20H23N5O2S. The number of carbonyl (C=O) groups is 1. The Labute approximate surface area is 167 Å². The van der Waals surface area contributed by atoms with Gasteiger partial charge in [0.1, 0.15) is 0 Å². The Bertz CT molecular complexity index is 988. The van der Waals surface area contributed by atoms with Crippen LogP contribution in [0.3, 0.4) is 0 Å². The Hall–Kier alpha value is -2.32. The maximum Gasteiger partial charge on any atom is 0.230 e. The molecule has 1 saturated heterocycles. The van der Waals surface area contributed by atoms with Crippen LogP contribution < -0.4 is 5.32 Å². The number of H-pyrrole nitrogens is 1. The predicted octanol–water partition coefficient (Wildman–Crippen LogP) is 2.98. The zero-order valence-electron chi connectivity index (χ0n) is 15.6. The summed E-state index contributed by atoms with van der Waals surface area (Å²) in [6.45, 7) is 1.51. The summed E-state index contributed by atoms with van der Waals surface area (Å²) in [4.78, 5) is 15.4. The molecule has 1 saturated carbocycles. The van der Waals surface area contributed by atoms with Gasteiger partial charge in [-0.25, -0.2) is 0 Å². The fourth-order valence-corrected chi connectivity index (χ4v) is 4.39. The Balaban J connectivity index is 1.44. The second-order valence-electron chi connectivity index (χ2n) is 7.43. The van der Waals surface area contributed by atoms with E-state index in [0.29, 0.717) is 18.3 Å². The van der Waals surface area contributed by atoms with Gasteiger partial charge in [0.2, 0.25) is 5.91 Å². The van der Waals surface area contributed by atoms with Crippen LogP contribution in [0, 0.1) is 0 Å². The Morgan fingerprint density at radius 2 is 2.18 bits per heavy atom. The van der Waals surface area contributed by atoms with Gasteiger partial charge in [0.25, 0.3) is 0 Å². The molecule has 5 rings (SSSR count). The van der Waals surface area contributed by atoms with Gasteiger partial charge in [-0.05, 0) is 31.7 Å². The van der Waals surface area contributed by atoms with E-state index in [-0.39, 0.29) is 12.0 Å². The molecule has 1 aliphatic carbocycles. The third-order valence-corrected chi connectivity index (χ3v) is 6.20. The van der Waals surface area contributed by atoms with E-state index in [4.69, 9.17) is 4.74 Å². The van der Waals surface area contributed by atoms with Gasteiger partial charge in [0.15, 0.2) is 11.0 Å². The summed E-state index contributed by atoms with van der Waals surface area (Å²) in [6, 6.07) is 8.55. The van der Waals surface area contributed by atoms with Crippen LogP contribution in [0.2, 0.25) is 0 Å². The molecule has 2 aliphatic rings. The summed E-state index contributed by atoms with van der Waals surface area (Å²) in [5, 5.41) is 13.8. The maximum atomic E-state index is 12.1. The number of aromatic amines is 1. The summed E-state index contributed by atoms with van der Waals surface area (Å²) >= 11 is 1.44. The van der Waals surface area contributed by atoms with Gasteiger partial charge in [-0.1, -0.05) is 30.0 Å². The first-order valence-corrected chi connectivity index (χ1v) is 10.8. The molecule has 3 heterocycles. The monoisotopic (exact) mass is 397 g/mol. The van der Waals surface area contributed by atoms with Crippen molar-refractivity contribution in [1.82, 2.24) is 25.1 Å². The number of fused-ring (bicyclic) bond motifs is 1. The van der Waals surface area contributed by atoms with Crippen molar-refractivity contribution in [3.63, 3.8) is 0 Å². The van der Waals surface area contributed by atoms with Crippen LogP contribution in [0.25, 0.3) is 22.3 Å². The first-order chi connectivity index (χ1) is 13.8. The van der Waals surface area contributed by atoms with Gasteiger partial charge in [-0.3, -0.25) is 9.36 Å². The van der Waals surface area contributed by atoms with Crippen molar-refractivity contribution < 1.29 is 9.53 Å². The van der Waals surface area contributed by atoms with E-state index in [9.17, 15) is 4.79 Å². The van der Waals surface area contributed by atoms with Gasteiger partial charge < -0.3 is 15.0 Å². The molecule has 1 amide bonds. The highest BCUT2D eigenvalue weighted by molar-refractivity contribution is 7.99. The van der Waals surface area contributed by atoms with Crippen molar-refractivity contribution in [2.75, 3.05) is 12.4 Å². The number of amides is 1. The molecule has 1 aromatic carbocycles. The predicted molar refractivity (Wildman–Crippen MR) is 108 cm³/mol. The minimum atomic E-state index is 0.0628. The molecule has 7 nitrogen and oxygen atoms in total. The van der Waals surface area contributed by atoms with E-state index in [1.807, 2.05) is 18.3 Å². The number of nitrogens with one attached hydrogen (secondary N) is 2. The fourth-order valence-electron chi connectivity index (χ4n) is 3.63. The molecule has 1 atom stereocenters. The van der Waals surface area contributed by atoms with E-state index < -0.39 is 0 Å². The first-order valence-electron chi connectivity index (χ1n) is 9.81. The van der Waals surface area contributed by atoms with Gasteiger partial charge >= 0.3 is 0 Å². The Morgan fingerprint density at radius 1 is 1.29 bits per heavy atom.